The molecule has 2 aliphatic rings. The van der Waals surface area contributed by atoms with E-state index in [2.05, 4.69) is 17.4 Å². The standard InChI is InChI=1S/C15H21NO3S/c17-20-9-4-13(5-10-20)16-6-3-12-1-2-14-15(11-12)19-8-7-18-14/h1-2,11,13,16H,3-10H2. The van der Waals surface area contributed by atoms with E-state index >= 15 is 0 Å². The van der Waals surface area contributed by atoms with E-state index in [1.807, 2.05) is 6.07 Å². The Morgan fingerprint density at radius 3 is 2.70 bits per heavy atom. The summed E-state index contributed by atoms with van der Waals surface area (Å²) in [4.78, 5) is 0. The molecular weight excluding hydrogens is 274 g/mol. The van der Waals surface area contributed by atoms with Crippen molar-refractivity contribution in [3.63, 3.8) is 0 Å². The van der Waals surface area contributed by atoms with E-state index in [1.54, 1.807) is 0 Å². The van der Waals surface area contributed by atoms with Crippen molar-refractivity contribution in [2.45, 2.75) is 25.3 Å². The minimum atomic E-state index is -0.575. The number of nitrogens with one attached hydrogen (secondary N) is 1. The fraction of sp³-hybridized carbons (Fsp3) is 0.600. The highest BCUT2D eigenvalue weighted by atomic mass is 32.2. The fourth-order valence-corrected chi connectivity index (χ4v) is 3.96. The van der Waals surface area contributed by atoms with Gasteiger partial charge in [-0.2, -0.15) is 0 Å². The van der Waals surface area contributed by atoms with Gasteiger partial charge in [-0.05, 0) is 43.5 Å². The summed E-state index contributed by atoms with van der Waals surface area (Å²) in [6.07, 6.45) is 3.05. The minimum Gasteiger partial charge on any atom is -0.486 e. The topological polar surface area (TPSA) is 47.6 Å². The Hall–Kier alpha value is -1.07. The summed E-state index contributed by atoms with van der Waals surface area (Å²) in [5.41, 5.74) is 1.26. The number of benzene rings is 1. The van der Waals surface area contributed by atoms with Crippen molar-refractivity contribution in [1.82, 2.24) is 5.32 Å². The molecule has 0 bridgehead atoms. The molecule has 20 heavy (non-hydrogen) atoms. The van der Waals surface area contributed by atoms with E-state index in [1.165, 1.54) is 5.56 Å². The molecule has 1 N–H and O–H groups in total. The van der Waals surface area contributed by atoms with Gasteiger partial charge < -0.3 is 14.8 Å². The molecule has 0 saturated carbocycles. The number of hydrogen-bond donors (Lipinski definition) is 1. The zero-order chi connectivity index (χ0) is 13.8. The van der Waals surface area contributed by atoms with Crippen molar-refractivity contribution in [3.05, 3.63) is 23.8 Å². The van der Waals surface area contributed by atoms with E-state index in [-0.39, 0.29) is 0 Å². The Kier molecular flexibility index (Phi) is 4.58. The highest BCUT2D eigenvalue weighted by Crippen LogP contribution is 2.30. The molecule has 2 heterocycles. The van der Waals surface area contributed by atoms with E-state index < -0.39 is 10.8 Å². The number of ether oxygens (including phenoxy) is 2. The molecule has 0 atom stereocenters. The van der Waals surface area contributed by atoms with Gasteiger partial charge in [-0.1, -0.05) is 6.07 Å². The van der Waals surface area contributed by atoms with Crippen molar-refractivity contribution in [1.29, 1.82) is 0 Å². The van der Waals surface area contributed by atoms with Crippen LogP contribution < -0.4 is 14.8 Å². The Labute approximate surface area is 122 Å². The molecule has 110 valence electrons. The van der Waals surface area contributed by atoms with Gasteiger partial charge in [-0.25, -0.2) is 0 Å². The molecule has 3 rings (SSSR count). The highest BCUT2D eigenvalue weighted by Gasteiger charge is 2.17. The molecule has 0 radical (unpaired) electrons. The van der Waals surface area contributed by atoms with Gasteiger partial charge in [0.15, 0.2) is 11.5 Å². The maximum absolute atomic E-state index is 11.3. The first-order valence-corrected chi connectivity index (χ1v) is 8.77. The van der Waals surface area contributed by atoms with Crippen molar-refractivity contribution < 1.29 is 13.7 Å². The molecule has 4 nitrogen and oxygen atoms in total. The lowest BCUT2D eigenvalue weighted by Crippen LogP contribution is -2.36. The molecule has 0 aliphatic carbocycles. The molecule has 2 aliphatic heterocycles. The average molecular weight is 295 g/mol. The summed E-state index contributed by atoms with van der Waals surface area (Å²) in [6.45, 7) is 2.22. The first kappa shape index (κ1) is 13.9. The number of fused-ring (bicyclic) bond motifs is 1. The normalized spacial score (nSPS) is 25.4. The molecule has 5 heteroatoms. The second-order valence-electron chi connectivity index (χ2n) is 5.30. The molecule has 0 spiro atoms. The van der Waals surface area contributed by atoms with Gasteiger partial charge in [0.25, 0.3) is 0 Å². The smallest absolute Gasteiger partial charge is 0.161 e. The van der Waals surface area contributed by atoms with Crippen molar-refractivity contribution in [2.24, 2.45) is 0 Å². The summed E-state index contributed by atoms with van der Waals surface area (Å²) in [6, 6.07) is 6.70. The largest absolute Gasteiger partial charge is 0.486 e. The quantitative estimate of drug-likeness (QED) is 0.914. The van der Waals surface area contributed by atoms with Crippen molar-refractivity contribution in [2.75, 3.05) is 31.3 Å². The Balaban J connectivity index is 1.47. The first-order chi connectivity index (χ1) is 9.81. The number of hydrogen-bond acceptors (Lipinski definition) is 4. The summed E-state index contributed by atoms with van der Waals surface area (Å²) in [5.74, 6) is 3.41. The molecule has 1 aromatic carbocycles. The van der Waals surface area contributed by atoms with Gasteiger partial charge in [0.05, 0.1) is 0 Å². The third-order valence-electron chi connectivity index (χ3n) is 3.84. The van der Waals surface area contributed by atoms with Crippen LogP contribution in [0, 0.1) is 0 Å². The van der Waals surface area contributed by atoms with Crippen LogP contribution in [0.2, 0.25) is 0 Å². The zero-order valence-corrected chi connectivity index (χ0v) is 12.4. The lowest BCUT2D eigenvalue weighted by molar-refractivity contribution is 0.171. The lowest BCUT2D eigenvalue weighted by atomic mass is 10.1. The van der Waals surface area contributed by atoms with Crippen LogP contribution in [0.15, 0.2) is 18.2 Å². The zero-order valence-electron chi connectivity index (χ0n) is 11.6. The van der Waals surface area contributed by atoms with Crippen LogP contribution >= 0.6 is 0 Å². The van der Waals surface area contributed by atoms with Crippen LogP contribution in [-0.2, 0) is 17.2 Å². The van der Waals surface area contributed by atoms with Crippen LogP contribution in [0.1, 0.15) is 18.4 Å². The van der Waals surface area contributed by atoms with E-state index in [4.69, 9.17) is 9.47 Å². The molecule has 1 saturated heterocycles. The Morgan fingerprint density at radius 2 is 1.90 bits per heavy atom. The second-order valence-corrected chi connectivity index (χ2v) is 7.00. The summed E-state index contributed by atoms with van der Waals surface area (Å²) in [7, 11) is -0.575. The molecule has 1 aromatic rings. The predicted octanol–water partition coefficient (Wildman–Crippen LogP) is 1.50. The number of rotatable bonds is 4. The van der Waals surface area contributed by atoms with Crippen LogP contribution in [0.4, 0.5) is 0 Å². The molecule has 0 amide bonds. The van der Waals surface area contributed by atoms with Gasteiger partial charge in [0.1, 0.15) is 13.2 Å². The molecule has 0 unspecified atom stereocenters. The Bertz CT molecular complexity index is 482. The molecule has 1 fully saturated rings. The summed E-state index contributed by atoms with van der Waals surface area (Å²) < 4.78 is 22.4. The van der Waals surface area contributed by atoms with Crippen molar-refractivity contribution >= 4 is 10.8 Å². The van der Waals surface area contributed by atoms with Gasteiger partial charge >= 0.3 is 0 Å². The summed E-state index contributed by atoms with van der Waals surface area (Å²) >= 11 is 0. The van der Waals surface area contributed by atoms with Crippen LogP contribution in [0.3, 0.4) is 0 Å². The van der Waals surface area contributed by atoms with Crippen LogP contribution in [0.25, 0.3) is 0 Å². The maximum atomic E-state index is 11.3. The second kappa shape index (κ2) is 6.59. The first-order valence-electron chi connectivity index (χ1n) is 7.28. The van der Waals surface area contributed by atoms with Gasteiger partial charge in [0.2, 0.25) is 0 Å². The Morgan fingerprint density at radius 1 is 1.15 bits per heavy atom. The fourth-order valence-electron chi connectivity index (χ4n) is 2.66. The third-order valence-corrected chi connectivity index (χ3v) is 5.22. The SMILES string of the molecule is O=S1CCC(NCCc2ccc3c(c2)OCCO3)CC1. The van der Waals surface area contributed by atoms with Gasteiger partial charge in [-0.15, -0.1) is 0 Å². The summed E-state index contributed by atoms with van der Waals surface area (Å²) in [5, 5.41) is 3.56. The van der Waals surface area contributed by atoms with Gasteiger partial charge in [0, 0.05) is 28.3 Å². The third kappa shape index (κ3) is 3.52. The van der Waals surface area contributed by atoms with E-state index in [0.717, 1.165) is 48.8 Å². The predicted molar refractivity (Wildman–Crippen MR) is 80.0 cm³/mol. The highest BCUT2D eigenvalue weighted by molar-refractivity contribution is 7.85. The van der Waals surface area contributed by atoms with Crippen LogP contribution in [-0.4, -0.2) is 41.5 Å². The van der Waals surface area contributed by atoms with Crippen molar-refractivity contribution in [3.8, 4) is 11.5 Å². The van der Waals surface area contributed by atoms with E-state index in [9.17, 15) is 4.21 Å². The average Bonchev–Trinajstić information content (AvgIpc) is 2.49. The monoisotopic (exact) mass is 295 g/mol. The maximum Gasteiger partial charge on any atom is 0.161 e. The lowest BCUT2D eigenvalue weighted by Gasteiger charge is -2.23. The van der Waals surface area contributed by atoms with E-state index in [0.29, 0.717) is 19.3 Å². The molecule has 0 aromatic heterocycles. The van der Waals surface area contributed by atoms with Gasteiger partial charge in [-0.3, -0.25) is 4.21 Å². The molecular formula is C15H21NO3S. The minimum absolute atomic E-state index is 0.532. The van der Waals surface area contributed by atoms with Crippen LogP contribution in [0.5, 0.6) is 11.5 Å².